The summed E-state index contributed by atoms with van der Waals surface area (Å²) >= 11 is 0. The van der Waals surface area contributed by atoms with E-state index in [1.165, 1.54) is 7.11 Å². The number of halogens is 3. The summed E-state index contributed by atoms with van der Waals surface area (Å²) in [7, 11) is 1.68. The molecule has 0 amide bonds. The molecule has 248 valence electrons. The fourth-order valence-corrected chi connectivity index (χ4v) is 6.19. The summed E-state index contributed by atoms with van der Waals surface area (Å²) in [4.78, 5) is 18.2. The fraction of sp³-hybridized carbons (Fsp3) is 0.710. The highest BCUT2D eigenvalue weighted by atomic mass is 28.3. The molecule has 1 N–H and O–H groups in total. The number of benzene rings is 1. The zero-order valence-electron chi connectivity index (χ0n) is 27.5. The lowest BCUT2D eigenvalue weighted by Crippen LogP contribution is -2.41. The van der Waals surface area contributed by atoms with E-state index in [0.717, 1.165) is 54.2 Å². The lowest BCUT2D eigenvalue weighted by molar-refractivity contribution is -0.150. The molecule has 1 heterocycles. The molecule has 1 aromatic carbocycles. The Kier molecular flexibility index (Phi) is 12.7. The molecule has 1 atom stereocenters. The van der Waals surface area contributed by atoms with Crippen LogP contribution in [0.5, 0.6) is 0 Å². The van der Waals surface area contributed by atoms with Gasteiger partial charge in [0.25, 0.3) is 0 Å². The van der Waals surface area contributed by atoms with Crippen molar-refractivity contribution in [3.05, 3.63) is 29.6 Å². The van der Waals surface area contributed by atoms with Gasteiger partial charge in [0.2, 0.25) is 11.8 Å². The molecule has 1 aliphatic carbocycles. The number of rotatable bonds is 15. The third-order valence-electron chi connectivity index (χ3n) is 7.96. The van der Waals surface area contributed by atoms with Crippen molar-refractivity contribution in [1.29, 1.82) is 0 Å². The van der Waals surface area contributed by atoms with Gasteiger partial charge in [-0.1, -0.05) is 46.5 Å². The first kappa shape index (κ1) is 35.8. The molecule has 0 unspecified atom stereocenters. The summed E-state index contributed by atoms with van der Waals surface area (Å²) in [5, 5.41) is 7.31. The molecule has 1 fully saturated rings. The van der Waals surface area contributed by atoms with Crippen LogP contribution >= 0.6 is 0 Å². The lowest BCUT2D eigenvalue weighted by atomic mass is 9.90. The maximum atomic E-state index is 14.0. The minimum atomic E-state index is -4.71. The molecular formula is C31H50F3N5O4Si. The van der Waals surface area contributed by atoms with E-state index in [1.807, 2.05) is 25.1 Å². The number of esters is 1. The second-order valence-electron chi connectivity index (χ2n) is 13.4. The molecule has 3 rings (SSSR count). The highest BCUT2D eigenvalue weighted by molar-refractivity contribution is 6.76. The molecule has 1 saturated carbocycles. The molecule has 9 nitrogen and oxygen atoms in total. The van der Waals surface area contributed by atoms with Crippen molar-refractivity contribution in [2.45, 2.75) is 110 Å². The molecule has 0 spiro atoms. The van der Waals surface area contributed by atoms with Crippen LogP contribution in [0.3, 0.4) is 0 Å². The Morgan fingerprint density at radius 3 is 2.39 bits per heavy atom. The molecule has 0 aliphatic heterocycles. The minimum Gasteiger partial charge on any atom is -0.469 e. The highest BCUT2D eigenvalue weighted by Crippen LogP contribution is 2.38. The van der Waals surface area contributed by atoms with Gasteiger partial charge >= 0.3 is 12.1 Å². The summed E-state index contributed by atoms with van der Waals surface area (Å²) in [5.41, 5.74) is 2.28. The summed E-state index contributed by atoms with van der Waals surface area (Å²) in [6.45, 7) is 13.5. The first-order valence-corrected chi connectivity index (χ1v) is 19.2. The van der Waals surface area contributed by atoms with Gasteiger partial charge < -0.3 is 24.4 Å². The van der Waals surface area contributed by atoms with Crippen molar-refractivity contribution in [3.8, 4) is 0 Å². The maximum Gasteiger partial charge on any atom is 0.451 e. The molecule has 1 aliphatic rings. The van der Waals surface area contributed by atoms with Crippen LogP contribution in [0.1, 0.15) is 70.2 Å². The van der Waals surface area contributed by atoms with Crippen molar-refractivity contribution in [1.82, 2.24) is 14.8 Å². The molecule has 0 saturated heterocycles. The molecule has 44 heavy (non-hydrogen) atoms. The van der Waals surface area contributed by atoms with E-state index in [2.05, 4.69) is 53.8 Å². The Labute approximate surface area is 260 Å². The van der Waals surface area contributed by atoms with Crippen molar-refractivity contribution < 1.29 is 32.2 Å². The van der Waals surface area contributed by atoms with E-state index >= 15 is 0 Å². The van der Waals surface area contributed by atoms with Crippen LogP contribution in [0.25, 0.3) is 0 Å². The van der Waals surface area contributed by atoms with Gasteiger partial charge in [-0.2, -0.15) is 18.2 Å². The Balaban J connectivity index is 2.00. The van der Waals surface area contributed by atoms with Crippen LogP contribution in [-0.4, -0.2) is 68.3 Å². The predicted molar refractivity (Wildman–Crippen MR) is 169 cm³/mol. The Morgan fingerprint density at radius 1 is 1.14 bits per heavy atom. The molecule has 1 aromatic heterocycles. The smallest absolute Gasteiger partial charge is 0.451 e. The van der Waals surface area contributed by atoms with E-state index in [-0.39, 0.29) is 43.1 Å². The molecule has 0 radical (unpaired) electrons. The number of hydrogen-bond donors (Lipinski definition) is 1. The Hall–Kier alpha value is -2.64. The van der Waals surface area contributed by atoms with Gasteiger partial charge in [-0.05, 0) is 61.3 Å². The molecule has 0 bridgehead atoms. The van der Waals surface area contributed by atoms with E-state index in [1.54, 1.807) is 7.11 Å². The summed E-state index contributed by atoms with van der Waals surface area (Å²) < 4.78 is 58.9. The molecule has 2 aromatic rings. The number of nitrogens with zero attached hydrogens (tertiary/aromatic N) is 4. The SMILES string of the molecule is COC(=O)C[C@@H](C)c1ccc(N(CC(C)C)[C@H]2CC[C@H](OC)CC2)c(Nc2nc(C(F)(F)F)n(COCC[Si](C)(C)C)n2)c1. The Bertz CT molecular complexity index is 1210. The monoisotopic (exact) mass is 641 g/mol. The first-order valence-electron chi connectivity index (χ1n) is 15.5. The number of ether oxygens (including phenoxy) is 3. The third-order valence-corrected chi connectivity index (χ3v) is 9.67. The van der Waals surface area contributed by atoms with Crippen LogP contribution in [-0.2, 0) is 31.9 Å². The normalized spacial score (nSPS) is 18.4. The number of carbonyl (C=O) groups excluding carboxylic acids is 1. The first-order chi connectivity index (χ1) is 20.6. The van der Waals surface area contributed by atoms with Crippen molar-refractivity contribution >= 4 is 31.4 Å². The Morgan fingerprint density at radius 2 is 1.82 bits per heavy atom. The molecule has 13 heteroatoms. The van der Waals surface area contributed by atoms with Gasteiger partial charge in [-0.3, -0.25) is 4.79 Å². The highest BCUT2D eigenvalue weighted by Gasteiger charge is 2.38. The van der Waals surface area contributed by atoms with E-state index < -0.39 is 20.1 Å². The second kappa shape index (κ2) is 15.6. The minimum absolute atomic E-state index is 0.169. The zero-order chi connectivity index (χ0) is 32.7. The van der Waals surface area contributed by atoms with Gasteiger partial charge in [0.15, 0.2) is 0 Å². The number of aromatic nitrogens is 3. The predicted octanol–water partition coefficient (Wildman–Crippen LogP) is 7.44. The summed E-state index contributed by atoms with van der Waals surface area (Å²) in [6, 6.07) is 6.90. The zero-order valence-corrected chi connectivity index (χ0v) is 28.5. The van der Waals surface area contributed by atoms with Gasteiger partial charge in [-0.15, -0.1) is 5.10 Å². The van der Waals surface area contributed by atoms with Gasteiger partial charge in [-0.25, -0.2) is 4.68 Å². The summed E-state index contributed by atoms with van der Waals surface area (Å²) in [5.74, 6) is -1.47. The topological polar surface area (TPSA) is 90.7 Å². The van der Waals surface area contributed by atoms with Crippen LogP contribution in [0, 0.1) is 5.92 Å². The number of anilines is 3. The van der Waals surface area contributed by atoms with Crippen molar-refractivity contribution in [3.63, 3.8) is 0 Å². The van der Waals surface area contributed by atoms with Crippen molar-refractivity contribution in [2.75, 3.05) is 37.6 Å². The number of alkyl halides is 3. The van der Waals surface area contributed by atoms with Gasteiger partial charge in [0, 0.05) is 34.4 Å². The maximum absolute atomic E-state index is 14.0. The van der Waals surface area contributed by atoms with Crippen molar-refractivity contribution in [2.24, 2.45) is 5.92 Å². The standard InChI is InChI=1S/C31H50F3N5O4Si/c1-21(2)19-38(24-10-12-25(41-4)13-11-24)27-14-9-23(22(3)17-28(40)42-5)18-26(27)35-30-36-29(31(32,33)34)39(37-30)20-43-15-16-44(6,7)8/h9,14,18,21-22,24-25H,10-13,15-17,19-20H2,1-8H3,(H,35,37)/t22-,24-,25-/m1/s1. The number of nitrogens with one attached hydrogen (secondary N) is 1. The number of methoxy groups -OCH3 is 2. The van der Waals surface area contributed by atoms with E-state index in [0.29, 0.717) is 18.2 Å². The second-order valence-corrected chi connectivity index (χ2v) is 19.0. The largest absolute Gasteiger partial charge is 0.469 e. The van der Waals surface area contributed by atoms with E-state index in [4.69, 9.17) is 14.2 Å². The van der Waals surface area contributed by atoms with Crippen LogP contribution in [0.4, 0.5) is 30.5 Å². The third kappa shape index (κ3) is 10.5. The van der Waals surface area contributed by atoms with Crippen LogP contribution in [0.15, 0.2) is 18.2 Å². The summed E-state index contributed by atoms with van der Waals surface area (Å²) in [6.07, 6.45) is -0.565. The van der Waals surface area contributed by atoms with Crippen LogP contribution in [0.2, 0.25) is 25.7 Å². The van der Waals surface area contributed by atoms with Gasteiger partial charge in [0.1, 0.15) is 6.73 Å². The van der Waals surface area contributed by atoms with Gasteiger partial charge in [0.05, 0.1) is 31.0 Å². The lowest BCUT2D eigenvalue weighted by Gasteiger charge is -2.40. The number of carbonyl (C=O) groups is 1. The quantitative estimate of drug-likeness (QED) is 0.122. The van der Waals surface area contributed by atoms with E-state index in [9.17, 15) is 18.0 Å². The average Bonchev–Trinajstić information content (AvgIpc) is 3.36. The number of hydrogen-bond acceptors (Lipinski definition) is 8. The average molecular weight is 642 g/mol. The fourth-order valence-electron chi connectivity index (χ4n) is 5.44. The van der Waals surface area contributed by atoms with Crippen LogP contribution < -0.4 is 10.2 Å². The molecular weight excluding hydrogens is 591 g/mol.